The third-order valence-corrected chi connectivity index (χ3v) is 5.46. The fraction of sp³-hybridized carbons (Fsp3) is 0.500. The lowest BCUT2D eigenvalue weighted by Gasteiger charge is -2.30. The zero-order chi connectivity index (χ0) is 20.0. The standard InChI is InChI=1S/C24H34N2O2/c1-19(22-10-6-7-11-23(22)27-4)20-16-21(18-24(2,3)17-20)25-28-15-14-26-12-8-5-9-13-26/h6-7,10-11,16-17,25H,1,5,8-9,12-15,18H2,2-4H3. The number of hydrogen-bond donors (Lipinski definition) is 1. The first-order chi connectivity index (χ1) is 13.5. The number of likely N-dealkylation sites (tertiary alicyclic amines) is 1. The predicted octanol–water partition coefficient (Wildman–Crippen LogP) is 4.96. The fourth-order valence-corrected chi connectivity index (χ4v) is 4.03. The van der Waals surface area contributed by atoms with Crippen LogP contribution < -0.4 is 10.2 Å². The Morgan fingerprint density at radius 1 is 1.18 bits per heavy atom. The summed E-state index contributed by atoms with van der Waals surface area (Å²) in [5, 5.41) is 0. The molecule has 1 aliphatic heterocycles. The molecule has 3 rings (SSSR count). The summed E-state index contributed by atoms with van der Waals surface area (Å²) in [5.74, 6) is 0.845. The van der Waals surface area contributed by atoms with Crippen molar-refractivity contribution in [2.75, 3.05) is 33.4 Å². The number of rotatable bonds is 8. The number of nitrogens with zero attached hydrogens (tertiary/aromatic N) is 1. The largest absolute Gasteiger partial charge is 0.496 e. The molecule has 1 saturated heterocycles. The van der Waals surface area contributed by atoms with E-state index in [1.807, 2.05) is 18.2 Å². The maximum atomic E-state index is 5.81. The van der Waals surface area contributed by atoms with Gasteiger partial charge in [-0.3, -0.25) is 10.3 Å². The van der Waals surface area contributed by atoms with E-state index in [1.54, 1.807) is 7.11 Å². The van der Waals surface area contributed by atoms with Gasteiger partial charge in [0, 0.05) is 17.8 Å². The van der Waals surface area contributed by atoms with Crippen molar-refractivity contribution in [3.8, 4) is 5.75 Å². The van der Waals surface area contributed by atoms with Crippen LogP contribution in [0.3, 0.4) is 0 Å². The highest BCUT2D eigenvalue weighted by atomic mass is 16.6. The number of nitrogens with one attached hydrogen (secondary N) is 1. The van der Waals surface area contributed by atoms with Gasteiger partial charge in [-0.25, -0.2) is 0 Å². The van der Waals surface area contributed by atoms with Crippen LogP contribution in [0.25, 0.3) is 5.57 Å². The third kappa shape index (κ3) is 5.49. The van der Waals surface area contributed by atoms with E-state index in [0.29, 0.717) is 6.61 Å². The highest BCUT2D eigenvalue weighted by Gasteiger charge is 2.24. The summed E-state index contributed by atoms with van der Waals surface area (Å²) < 4.78 is 5.52. The number of benzene rings is 1. The molecule has 1 aromatic rings. The van der Waals surface area contributed by atoms with Gasteiger partial charge in [0.1, 0.15) is 5.75 Å². The maximum Gasteiger partial charge on any atom is 0.126 e. The van der Waals surface area contributed by atoms with Crippen LogP contribution in [0.15, 0.2) is 54.3 Å². The van der Waals surface area contributed by atoms with Gasteiger partial charge in [0.2, 0.25) is 0 Å². The molecule has 0 saturated carbocycles. The molecule has 1 N–H and O–H groups in total. The molecule has 0 radical (unpaired) electrons. The molecule has 0 bridgehead atoms. The van der Waals surface area contributed by atoms with E-state index in [2.05, 4.69) is 49.0 Å². The van der Waals surface area contributed by atoms with Crippen LogP contribution >= 0.6 is 0 Å². The summed E-state index contributed by atoms with van der Waals surface area (Å²) in [6.45, 7) is 12.9. The second-order valence-electron chi connectivity index (χ2n) is 8.47. The van der Waals surface area contributed by atoms with Gasteiger partial charge in [0.25, 0.3) is 0 Å². The number of para-hydroxylation sites is 1. The first kappa shape index (κ1) is 20.7. The quantitative estimate of drug-likeness (QED) is 0.509. The van der Waals surface area contributed by atoms with E-state index in [9.17, 15) is 0 Å². The van der Waals surface area contributed by atoms with Crippen molar-refractivity contribution < 1.29 is 9.57 Å². The summed E-state index contributed by atoms with van der Waals surface area (Å²) in [4.78, 5) is 8.29. The van der Waals surface area contributed by atoms with Crippen molar-refractivity contribution in [2.45, 2.75) is 39.5 Å². The van der Waals surface area contributed by atoms with E-state index in [4.69, 9.17) is 9.57 Å². The second-order valence-corrected chi connectivity index (χ2v) is 8.47. The van der Waals surface area contributed by atoms with Gasteiger partial charge in [0.15, 0.2) is 0 Å². The fourth-order valence-electron chi connectivity index (χ4n) is 4.03. The van der Waals surface area contributed by atoms with Crippen molar-refractivity contribution in [3.63, 3.8) is 0 Å². The molecule has 1 fully saturated rings. The first-order valence-corrected chi connectivity index (χ1v) is 10.3. The average molecular weight is 383 g/mol. The highest BCUT2D eigenvalue weighted by Crippen LogP contribution is 2.38. The van der Waals surface area contributed by atoms with Crippen LogP contribution in [-0.2, 0) is 4.84 Å². The van der Waals surface area contributed by atoms with Gasteiger partial charge in [-0.15, -0.1) is 0 Å². The Morgan fingerprint density at radius 2 is 1.93 bits per heavy atom. The summed E-state index contributed by atoms with van der Waals surface area (Å²) in [5.41, 5.74) is 7.44. The molecule has 0 aromatic heterocycles. The third-order valence-electron chi connectivity index (χ3n) is 5.46. The molecule has 0 spiro atoms. The minimum atomic E-state index is 0.0353. The van der Waals surface area contributed by atoms with Crippen molar-refractivity contribution in [1.29, 1.82) is 0 Å². The van der Waals surface area contributed by atoms with Crippen LogP contribution in [0.4, 0.5) is 0 Å². The molecule has 28 heavy (non-hydrogen) atoms. The molecule has 4 heteroatoms. The number of methoxy groups -OCH3 is 1. The predicted molar refractivity (Wildman–Crippen MR) is 116 cm³/mol. The Kier molecular flexibility index (Phi) is 6.97. The molecule has 0 unspecified atom stereocenters. The maximum absolute atomic E-state index is 5.81. The number of piperidine rings is 1. The van der Waals surface area contributed by atoms with E-state index >= 15 is 0 Å². The first-order valence-electron chi connectivity index (χ1n) is 10.3. The molecule has 2 aliphatic rings. The van der Waals surface area contributed by atoms with Crippen LogP contribution in [0, 0.1) is 5.41 Å². The molecule has 152 valence electrons. The zero-order valence-corrected chi connectivity index (χ0v) is 17.6. The normalized spacial score (nSPS) is 19.5. The van der Waals surface area contributed by atoms with E-state index in [-0.39, 0.29) is 5.41 Å². The molecular formula is C24H34N2O2. The summed E-state index contributed by atoms with van der Waals surface area (Å²) in [6.07, 6.45) is 9.35. The number of ether oxygens (including phenoxy) is 1. The van der Waals surface area contributed by atoms with E-state index in [0.717, 1.165) is 41.1 Å². The van der Waals surface area contributed by atoms with Gasteiger partial charge >= 0.3 is 0 Å². The number of allylic oxidation sites excluding steroid dienone is 5. The lowest BCUT2D eigenvalue weighted by Crippen LogP contribution is -2.34. The molecule has 1 heterocycles. The van der Waals surface area contributed by atoms with E-state index in [1.165, 1.54) is 32.4 Å². The Labute approximate surface area is 169 Å². The van der Waals surface area contributed by atoms with Crippen molar-refractivity contribution >= 4 is 5.57 Å². The monoisotopic (exact) mass is 382 g/mol. The molecular weight excluding hydrogens is 348 g/mol. The van der Waals surface area contributed by atoms with Crippen LogP contribution in [0.5, 0.6) is 5.75 Å². The molecule has 4 nitrogen and oxygen atoms in total. The Hall–Kier alpha value is -2.04. The van der Waals surface area contributed by atoms with Gasteiger partial charge in [-0.2, -0.15) is 0 Å². The Bertz CT molecular complexity index is 743. The lowest BCUT2D eigenvalue weighted by atomic mass is 9.79. The Balaban J connectivity index is 1.63. The molecule has 0 atom stereocenters. The minimum absolute atomic E-state index is 0.0353. The Morgan fingerprint density at radius 3 is 2.68 bits per heavy atom. The topological polar surface area (TPSA) is 33.7 Å². The lowest BCUT2D eigenvalue weighted by molar-refractivity contribution is 0.0371. The highest BCUT2D eigenvalue weighted by molar-refractivity contribution is 5.83. The minimum Gasteiger partial charge on any atom is -0.496 e. The van der Waals surface area contributed by atoms with Crippen LogP contribution in [0.2, 0.25) is 0 Å². The smallest absolute Gasteiger partial charge is 0.126 e. The van der Waals surface area contributed by atoms with Gasteiger partial charge < -0.3 is 9.64 Å². The van der Waals surface area contributed by atoms with Gasteiger partial charge in [-0.1, -0.05) is 51.1 Å². The molecule has 1 aromatic carbocycles. The average Bonchev–Trinajstić information content (AvgIpc) is 2.70. The van der Waals surface area contributed by atoms with Gasteiger partial charge in [0.05, 0.1) is 13.7 Å². The van der Waals surface area contributed by atoms with E-state index < -0.39 is 0 Å². The molecule has 1 aliphatic carbocycles. The number of hydrogen-bond acceptors (Lipinski definition) is 4. The van der Waals surface area contributed by atoms with Crippen LogP contribution in [-0.4, -0.2) is 38.3 Å². The zero-order valence-electron chi connectivity index (χ0n) is 17.6. The van der Waals surface area contributed by atoms with Crippen LogP contribution in [0.1, 0.15) is 45.1 Å². The SMILES string of the molecule is C=C(C1=CC(C)(C)CC(NOCCN2CCCCC2)=C1)c1ccccc1OC. The summed E-state index contributed by atoms with van der Waals surface area (Å²) >= 11 is 0. The van der Waals surface area contributed by atoms with Gasteiger partial charge in [-0.05, 0) is 61.1 Å². The van der Waals surface area contributed by atoms with Crippen molar-refractivity contribution in [2.24, 2.45) is 5.41 Å². The number of hydroxylamine groups is 1. The summed E-state index contributed by atoms with van der Waals surface area (Å²) in [6, 6.07) is 8.03. The van der Waals surface area contributed by atoms with Crippen molar-refractivity contribution in [1.82, 2.24) is 10.4 Å². The summed E-state index contributed by atoms with van der Waals surface area (Å²) in [7, 11) is 1.70. The second kappa shape index (κ2) is 9.44. The molecule has 0 amide bonds. The van der Waals surface area contributed by atoms with Crippen molar-refractivity contribution in [3.05, 3.63) is 59.8 Å².